The molecular weight excluding hydrogens is 182 g/mol. The van der Waals surface area contributed by atoms with Crippen LogP contribution in [-0.2, 0) is 9.59 Å². The summed E-state index contributed by atoms with van der Waals surface area (Å²) in [6.07, 6.45) is 1.52. The van der Waals surface area contributed by atoms with E-state index >= 15 is 0 Å². The van der Waals surface area contributed by atoms with E-state index in [4.69, 9.17) is 5.11 Å². The molecule has 4 nitrogen and oxygen atoms in total. The molecule has 1 N–H and O–H groups in total. The predicted molar refractivity (Wildman–Crippen MR) is 51.4 cm³/mol. The minimum atomic E-state index is -0.185. The van der Waals surface area contributed by atoms with Crippen molar-refractivity contribution in [2.45, 2.75) is 39.2 Å². The molecule has 0 aromatic heterocycles. The number of rotatable bonds is 4. The van der Waals surface area contributed by atoms with Crippen molar-refractivity contribution in [1.82, 2.24) is 4.90 Å². The van der Waals surface area contributed by atoms with Crippen LogP contribution < -0.4 is 0 Å². The van der Waals surface area contributed by atoms with Gasteiger partial charge in [-0.1, -0.05) is 13.8 Å². The number of hydrogen-bond donors (Lipinski definition) is 1. The summed E-state index contributed by atoms with van der Waals surface area (Å²) < 4.78 is 0. The molecule has 1 rings (SSSR count). The lowest BCUT2D eigenvalue weighted by Gasteiger charge is -2.24. The van der Waals surface area contributed by atoms with E-state index in [9.17, 15) is 9.59 Å². The van der Waals surface area contributed by atoms with Crippen molar-refractivity contribution in [3.63, 3.8) is 0 Å². The Kier molecular flexibility index (Phi) is 3.63. The van der Waals surface area contributed by atoms with Gasteiger partial charge in [0.25, 0.3) is 0 Å². The fourth-order valence-corrected chi connectivity index (χ4v) is 1.86. The summed E-state index contributed by atoms with van der Waals surface area (Å²) in [5, 5.41) is 8.82. The van der Waals surface area contributed by atoms with Crippen LogP contribution in [0.1, 0.15) is 33.1 Å². The van der Waals surface area contributed by atoms with E-state index in [0.29, 0.717) is 19.3 Å². The quantitative estimate of drug-likeness (QED) is 0.672. The van der Waals surface area contributed by atoms with Crippen molar-refractivity contribution in [2.24, 2.45) is 5.92 Å². The molecule has 2 amide bonds. The number of aliphatic hydroxyl groups is 1. The third-order valence-corrected chi connectivity index (χ3v) is 2.71. The van der Waals surface area contributed by atoms with Crippen molar-refractivity contribution in [3.8, 4) is 0 Å². The topological polar surface area (TPSA) is 57.6 Å². The molecule has 2 unspecified atom stereocenters. The molecular formula is C10H17NO3. The van der Waals surface area contributed by atoms with E-state index in [2.05, 4.69) is 0 Å². The van der Waals surface area contributed by atoms with Crippen molar-refractivity contribution in [2.75, 3.05) is 6.61 Å². The maximum absolute atomic E-state index is 11.6. The van der Waals surface area contributed by atoms with Gasteiger partial charge in [-0.15, -0.1) is 0 Å². The van der Waals surface area contributed by atoms with Gasteiger partial charge in [0, 0.05) is 25.0 Å². The highest BCUT2D eigenvalue weighted by Crippen LogP contribution is 2.23. The summed E-state index contributed by atoms with van der Waals surface area (Å²) in [5.41, 5.74) is 0. The molecule has 1 fully saturated rings. The fourth-order valence-electron chi connectivity index (χ4n) is 1.86. The number of imide groups is 1. The van der Waals surface area contributed by atoms with Crippen molar-refractivity contribution in [3.05, 3.63) is 0 Å². The predicted octanol–water partition coefficient (Wildman–Crippen LogP) is 0.542. The van der Waals surface area contributed by atoms with Gasteiger partial charge >= 0.3 is 0 Å². The Labute approximate surface area is 83.9 Å². The third-order valence-electron chi connectivity index (χ3n) is 2.71. The van der Waals surface area contributed by atoms with Gasteiger partial charge in [0.2, 0.25) is 11.8 Å². The molecule has 0 aliphatic carbocycles. The number of hydrogen-bond acceptors (Lipinski definition) is 3. The lowest BCUT2D eigenvalue weighted by atomic mass is 10.1. The lowest BCUT2D eigenvalue weighted by molar-refractivity contribution is -0.142. The Morgan fingerprint density at radius 2 is 2.21 bits per heavy atom. The Hall–Kier alpha value is -0.900. The maximum Gasteiger partial charge on any atom is 0.232 e. The van der Waals surface area contributed by atoms with Crippen molar-refractivity contribution < 1.29 is 14.7 Å². The molecule has 0 aromatic carbocycles. The Morgan fingerprint density at radius 1 is 1.57 bits per heavy atom. The zero-order valence-corrected chi connectivity index (χ0v) is 8.69. The molecule has 1 aliphatic rings. The monoisotopic (exact) mass is 199 g/mol. The van der Waals surface area contributed by atoms with Crippen LogP contribution in [-0.4, -0.2) is 34.5 Å². The second-order valence-electron chi connectivity index (χ2n) is 3.78. The molecule has 14 heavy (non-hydrogen) atoms. The summed E-state index contributed by atoms with van der Waals surface area (Å²) in [6.45, 7) is 3.71. The molecule has 1 aliphatic heterocycles. The van der Waals surface area contributed by atoms with Gasteiger partial charge in [-0.3, -0.25) is 14.5 Å². The smallest absolute Gasteiger partial charge is 0.232 e. The molecule has 1 saturated heterocycles. The first-order chi connectivity index (χ1) is 6.61. The summed E-state index contributed by atoms with van der Waals surface area (Å²) in [7, 11) is 0. The lowest BCUT2D eigenvalue weighted by Crippen LogP contribution is -2.40. The van der Waals surface area contributed by atoms with Crippen LogP contribution in [0.2, 0.25) is 0 Å². The molecule has 0 radical (unpaired) electrons. The van der Waals surface area contributed by atoms with Crippen molar-refractivity contribution >= 4 is 11.8 Å². The fraction of sp³-hybridized carbons (Fsp3) is 0.800. The van der Waals surface area contributed by atoms with Gasteiger partial charge in [-0.25, -0.2) is 0 Å². The number of carbonyl (C=O) groups is 2. The normalized spacial score (nSPS) is 24.5. The Morgan fingerprint density at radius 3 is 2.57 bits per heavy atom. The van der Waals surface area contributed by atoms with Crippen LogP contribution in [0.3, 0.4) is 0 Å². The van der Waals surface area contributed by atoms with E-state index in [1.165, 1.54) is 4.90 Å². The van der Waals surface area contributed by atoms with Crippen molar-refractivity contribution in [1.29, 1.82) is 0 Å². The molecule has 0 spiro atoms. The zero-order chi connectivity index (χ0) is 10.7. The van der Waals surface area contributed by atoms with Gasteiger partial charge < -0.3 is 5.11 Å². The first-order valence-electron chi connectivity index (χ1n) is 5.08. The Balaban J connectivity index is 2.74. The molecule has 0 aromatic rings. The van der Waals surface area contributed by atoms with Crippen LogP contribution in [0.4, 0.5) is 0 Å². The Bertz CT molecular complexity index is 240. The van der Waals surface area contributed by atoms with E-state index in [0.717, 1.165) is 0 Å². The number of nitrogens with zero attached hydrogens (tertiary/aromatic N) is 1. The van der Waals surface area contributed by atoms with E-state index < -0.39 is 0 Å². The highest BCUT2D eigenvalue weighted by atomic mass is 16.3. The average Bonchev–Trinajstić information content (AvgIpc) is 2.39. The summed E-state index contributed by atoms with van der Waals surface area (Å²) >= 11 is 0. The highest BCUT2D eigenvalue weighted by molar-refractivity contribution is 6.03. The second kappa shape index (κ2) is 4.55. The van der Waals surface area contributed by atoms with Crippen LogP contribution in [0.5, 0.6) is 0 Å². The van der Waals surface area contributed by atoms with Gasteiger partial charge in [0.15, 0.2) is 0 Å². The molecule has 4 heteroatoms. The van der Waals surface area contributed by atoms with E-state index in [1.54, 1.807) is 6.92 Å². The molecule has 2 atom stereocenters. The zero-order valence-electron chi connectivity index (χ0n) is 8.69. The van der Waals surface area contributed by atoms with E-state index in [-0.39, 0.29) is 30.4 Å². The standard InChI is InChI=1S/C10H17NO3/c1-3-8(4-5-12)11-9(13)6-7(2)10(11)14/h7-8,12H,3-6H2,1-2H3. The first-order valence-corrected chi connectivity index (χ1v) is 5.08. The van der Waals surface area contributed by atoms with Gasteiger partial charge in [0.05, 0.1) is 0 Å². The van der Waals surface area contributed by atoms with Crippen LogP contribution >= 0.6 is 0 Å². The van der Waals surface area contributed by atoms with Crippen LogP contribution in [0.15, 0.2) is 0 Å². The van der Waals surface area contributed by atoms with Gasteiger partial charge in [-0.2, -0.15) is 0 Å². The van der Waals surface area contributed by atoms with Crippen LogP contribution in [0.25, 0.3) is 0 Å². The number of carbonyl (C=O) groups excluding carboxylic acids is 2. The van der Waals surface area contributed by atoms with Crippen LogP contribution in [0, 0.1) is 5.92 Å². The minimum Gasteiger partial charge on any atom is -0.396 e. The third kappa shape index (κ3) is 1.95. The molecule has 80 valence electrons. The number of aliphatic hydroxyl groups excluding tert-OH is 1. The summed E-state index contributed by atoms with van der Waals surface area (Å²) in [5.74, 6) is -0.367. The molecule has 0 bridgehead atoms. The number of likely N-dealkylation sites (tertiary alicyclic amines) is 1. The minimum absolute atomic E-state index is 0.0178. The maximum atomic E-state index is 11.6. The van der Waals surface area contributed by atoms with Gasteiger partial charge in [0.1, 0.15) is 0 Å². The van der Waals surface area contributed by atoms with E-state index in [1.807, 2.05) is 6.92 Å². The van der Waals surface area contributed by atoms with Gasteiger partial charge in [-0.05, 0) is 12.8 Å². The average molecular weight is 199 g/mol. The molecule has 1 heterocycles. The largest absolute Gasteiger partial charge is 0.396 e. The first kappa shape index (κ1) is 11.2. The summed E-state index contributed by atoms with van der Waals surface area (Å²) in [4.78, 5) is 24.4. The molecule has 0 saturated carbocycles. The second-order valence-corrected chi connectivity index (χ2v) is 3.78. The number of amides is 2. The SMILES string of the molecule is CCC(CCO)N1C(=O)CC(C)C1=O. The summed E-state index contributed by atoms with van der Waals surface area (Å²) in [6, 6.07) is -0.120. The highest BCUT2D eigenvalue weighted by Gasteiger charge is 2.38.